The Hall–Kier alpha value is -2.30. The number of pyridine rings is 1. The van der Waals surface area contributed by atoms with Gasteiger partial charge in [-0.2, -0.15) is 4.39 Å². The summed E-state index contributed by atoms with van der Waals surface area (Å²) in [7, 11) is 1.54. The Morgan fingerprint density at radius 1 is 1.33 bits per heavy atom. The maximum atomic E-state index is 12.6. The standard InChI is InChI=1S/C13H13FN2O2/c1-18-11-4-2-9(12(17)6-11)7-15-10-3-5-13(14)16-8-10/h2-6,8,15,17H,7H2,1H3. The highest BCUT2D eigenvalue weighted by molar-refractivity contribution is 5.45. The van der Waals surface area contributed by atoms with Crippen LogP contribution in [-0.4, -0.2) is 17.2 Å². The van der Waals surface area contributed by atoms with E-state index in [2.05, 4.69) is 10.3 Å². The third-order valence-corrected chi connectivity index (χ3v) is 2.50. The molecular weight excluding hydrogens is 235 g/mol. The zero-order valence-electron chi connectivity index (χ0n) is 9.85. The van der Waals surface area contributed by atoms with E-state index in [1.165, 1.54) is 19.4 Å². The third kappa shape index (κ3) is 2.88. The number of benzene rings is 1. The van der Waals surface area contributed by atoms with E-state index in [4.69, 9.17) is 4.74 Å². The normalized spacial score (nSPS) is 10.1. The van der Waals surface area contributed by atoms with Gasteiger partial charge in [-0.15, -0.1) is 0 Å². The van der Waals surface area contributed by atoms with Crippen LogP contribution in [0.5, 0.6) is 11.5 Å². The van der Waals surface area contributed by atoms with Gasteiger partial charge in [0, 0.05) is 18.2 Å². The summed E-state index contributed by atoms with van der Waals surface area (Å²) in [4.78, 5) is 3.53. The minimum Gasteiger partial charge on any atom is -0.507 e. The Kier molecular flexibility index (Phi) is 3.62. The molecular formula is C13H13FN2O2. The van der Waals surface area contributed by atoms with Crippen LogP contribution in [0.15, 0.2) is 36.5 Å². The van der Waals surface area contributed by atoms with Crippen LogP contribution in [0.2, 0.25) is 0 Å². The quantitative estimate of drug-likeness (QED) is 0.816. The van der Waals surface area contributed by atoms with E-state index in [9.17, 15) is 9.50 Å². The maximum Gasteiger partial charge on any atom is 0.212 e. The molecule has 0 atom stereocenters. The molecule has 2 aromatic rings. The number of ether oxygens (including phenoxy) is 1. The van der Waals surface area contributed by atoms with E-state index in [-0.39, 0.29) is 5.75 Å². The second-order valence-electron chi connectivity index (χ2n) is 3.72. The van der Waals surface area contributed by atoms with Crippen molar-refractivity contribution >= 4 is 5.69 Å². The Bertz CT molecular complexity index is 529. The summed E-state index contributed by atoms with van der Waals surface area (Å²) in [6.07, 6.45) is 1.40. The SMILES string of the molecule is COc1ccc(CNc2ccc(F)nc2)c(O)c1. The maximum absolute atomic E-state index is 12.6. The van der Waals surface area contributed by atoms with Gasteiger partial charge in [0.05, 0.1) is 19.0 Å². The average Bonchev–Trinajstić information content (AvgIpc) is 2.39. The van der Waals surface area contributed by atoms with Crippen LogP contribution in [0.3, 0.4) is 0 Å². The molecule has 0 bridgehead atoms. The monoisotopic (exact) mass is 248 g/mol. The smallest absolute Gasteiger partial charge is 0.212 e. The lowest BCUT2D eigenvalue weighted by Crippen LogP contribution is -2.00. The topological polar surface area (TPSA) is 54.4 Å². The lowest BCUT2D eigenvalue weighted by molar-refractivity contribution is 0.406. The molecule has 2 N–H and O–H groups in total. The van der Waals surface area contributed by atoms with Crippen molar-refractivity contribution in [2.75, 3.05) is 12.4 Å². The number of halogens is 1. The van der Waals surface area contributed by atoms with Crippen molar-refractivity contribution in [1.29, 1.82) is 0 Å². The summed E-state index contributed by atoms with van der Waals surface area (Å²) in [6, 6.07) is 7.93. The summed E-state index contributed by atoms with van der Waals surface area (Å²) in [5.74, 6) is 0.226. The fourth-order valence-electron chi connectivity index (χ4n) is 1.50. The van der Waals surface area contributed by atoms with E-state index < -0.39 is 5.95 Å². The minimum atomic E-state index is -0.521. The Labute approximate surface area is 104 Å². The number of nitrogens with one attached hydrogen (secondary N) is 1. The molecule has 1 aromatic heterocycles. The molecule has 0 saturated carbocycles. The highest BCUT2D eigenvalue weighted by Gasteiger charge is 2.03. The fraction of sp³-hybridized carbons (Fsp3) is 0.154. The van der Waals surface area contributed by atoms with Crippen LogP contribution in [0.4, 0.5) is 10.1 Å². The number of aromatic nitrogens is 1. The molecule has 0 fully saturated rings. The van der Waals surface area contributed by atoms with Crippen LogP contribution in [0.1, 0.15) is 5.56 Å². The molecule has 0 spiro atoms. The second-order valence-corrected chi connectivity index (χ2v) is 3.72. The molecule has 0 saturated heterocycles. The van der Waals surface area contributed by atoms with Gasteiger partial charge in [0.25, 0.3) is 0 Å². The molecule has 0 amide bonds. The van der Waals surface area contributed by atoms with Gasteiger partial charge >= 0.3 is 0 Å². The average molecular weight is 248 g/mol. The molecule has 18 heavy (non-hydrogen) atoms. The van der Waals surface area contributed by atoms with Crippen molar-refractivity contribution in [2.24, 2.45) is 0 Å². The van der Waals surface area contributed by atoms with Crippen molar-refractivity contribution < 1.29 is 14.2 Å². The highest BCUT2D eigenvalue weighted by atomic mass is 19.1. The predicted octanol–water partition coefficient (Wildman–Crippen LogP) is 2.55. The second kappa shape index (κ2) is 5.35. The predicted molar refractivity (Wildman–Crippen MR) is 66.2 cm³/mol. The number of nitrogens with zero attached hydrogens (tertiary/aromatic N) is 1. The van der Waals surface area contributed by atoms with Gasteiger partial charge in [0.2, 0.25) is 5.95 Å². The van der Waals surface area contributed by atoms with Crippen molar-refractivity contribution in [3.8, 4) is 11.5 Å². The Morgan fingerprint density at radius 3 is 2.78 bits per heavy atom. The molecule has 1 aromatic carbocycles. The number of phenols is 1. The van der Waals surface area contributed by atoms with E-state index in [1.54, 1.807) is 24.3 Å². The lowest BCUT2D eigenvalue weighted by atomic mass is 10.2. The molecule has 4 nitrogen and oxygen atoms in total. The highest BCUT2D eigenvalue weighted by Crippen LogP contribution is 2.24. The number of aromatic hydroxyl groups is 1. The molecule has 2 rings (SSSR count). The summed E-state index contributed by atoms with van der Waals surface area (Å²) in [6.45, 7) is 0.420. The van der Waals surface area contributed by atoms with Crippen LogP contribution in [0, 0.1) is 5.95 Å². The van der Waals surface area contributed by atoms with Crippen molar-refractivity contribution in [2.45, 2.75) is 6.54 Å². The minimum absolute atomic E-state index is 0.150. The van der Waals surface area contributed by atoms with E-state index in [0.717, 1.165) is 5.56 Å². The number of anilines is 1. The molecule has 0 aliphatic carbocycles. The van der Waals surface area contributed by atoms with Crippen molar-refractivity contribution in [3.05, 3.63) is 48.0 Å². The Balaban J connectivity index is 2.04. The first-order valence-electron chi connectivity index (χ1n) is 5.40. The molecule has 0 aliphatic heterocycles. The largest absolute Gasteiger partial charge is 0.507 e. The van der Waals surface area contributed by atoms with Crippen LogP contribution < -0.4 is 10.1 Å². The summed E-state index contributed by atoms with van der Waals surface area (Å²) < 4.78 is 17.6. The van der Waals surface area contributed by atoms with Gasteiger partial charge in [0.1, 0.15) is 11.5 Å². The fourth-order valence-corrected chi connectivity index (χ4v) is 1.50. The summed E-state index contributed by atoms with van der Waals surface area (Å²) in [5, 5.41) is 12.8. The van der Waals surface area contributed by atoms with Gasteiger partial charge in [-0.25, -0.2) is 4.98 Å². The van der Waals surface area contributed by atoms with E-state index in [0.29, 0.717) is 18.0 Å². The first kappa shape index (κ1) is 12.2. The zero-order chi connectivity index (χ0) is 13.0. The lowest BCUT2D eigenvalue weighted by Gasteiger charge is -2.09. The number of methoxy groups -OCH3 is 1. The molecule has 0 unspecified atom stereocenters. The van der Waals surface area contributed by atoms with Crippen LogP contribution in [0.25, 0.3) is 0 Å². The van der Waals surface area contributed by atoms with Crippen LogP contribution >= 0.6 is 0 Å². The van der Waals surface area contributed by atoms with Gasteiger partial charge < -0.3 is 15.2 Å². The molecule has 1 heterocycles. The van der Waals surface area contributed by atoms with E-state index in [1.807, 2.05) is 0 Å². The molecule has 0 aliphatic rings. The number of phenolic OH excluding ortho intramolecular Hbond substituents is 1. The first-order chi connectivity index (χ1) is 8.69. The molecule has 0 radical (unpaired) electrons. The molecule has 5 heteroatoms. The van der Waals surface area contributed by atoms with Gasteiger partial charge in [-0.1, -0.05) is 0 Å². The first-order valence-corrected chi connectivity index (χ1v) is 5.40. The third-order valence-electron chi connectivity index (χ3n) is 2.50. The van der Waals surface area contributed by atoms with Crippen LogP contribution in [-0.2, 0) is 6.54 Å². The summed E-state index contributed by atoms with van der Waals surface area (Å²) in [5.41, 5.74) is 1.41. The number of hydrogen-bond acceptors (Lipinski definition) is 4. The van der Waals surface area contributed by atoms with Gasteiger partial charge in [-0.3, -0.25) is 0 Å². The van der Waals surface area contributed by atoms with E-state index >= 15 is 0 Å². The van der Waals surface area contributed by atoms with Gasteiger partial charge in [-0.05, 0) is 24.3 Å². The number of rotatable bonds is 4. The Morgan fingerprint density at radius 2 is 2.17 bits per heavy atom. The van der Waals surface area contributed by atoms with Crippen molar-refractivity contribution in [3.63, 3.8) is 0 Å². The molecule has 94 valence electrons. The zero-order valence-corrected chi connectivity index (χ0v) is 9.85. The van der Waals surface area contributed by atoms with Gasteiger partial charge in [0.15, 0.2) is 0 Å². The number of hydrogen-bond donors (Lipinski definition) is 2. The van der Waals surface area contributed by atoms with Crippen molar-refractivity contribution in [1.82, 2.24) is 4.98 Å². The summed E-state index contributed by atoms with van der Waals surface area (Å²) >= 11 is 0.